The van der Waals surface area contributed by atoms with Gasteiger partial charge in [-0.1, -0.05) is 26.2 Å². The molecule has 2 N–H and O–H groups in total. The Balaban J connectivity index is 2.45. The van der Waals surface area contributed by atoms with E-state index >= 15 is 0 Å². The van der Waals surface area contributed by atoms with Crippen molar-refractivity contribution in [3.63, 3.8) is 0 Å². The van der Waals surface area contributed by atoms with Gasteiger partial charge in [0.1, 0.15) is 11.4 Å². The highest BCUT2D eigenvalue weighted by molar-refractivity contribution is 14.1. The normalized spacial score (nSPS) is 18.8. The Labute approximate surface area is 122 Å². The number of aryl methyl sites for hydroxylation is 1. The lowest BCUT2D eigenvalue weighted by atomic mass is 9.84. The summed E-state index contributed by atoms with van der Waals surface area (Å²) in [6.07, 6.45) is 6.47. The van der Waals surface area contributed by atoms with E-state index in [1.165, 1.54) is 19.3 Å². The largest absolute Gasteiger partial charge is 0.383 e. The highest BCUT2D eigenvalue weighted by Gasteiger charge is 2.37. The fourth-order valence-corrected chi connectivity index (χ4v) is 3.22. The summed E-state index contributed by atoms with van der Waals surface area (Å²) in [5, 5.41) is 0. The van der Waals surface area contributed by atoms with Crippen LogP contribution in [0.5, 0.6) is 0 Å². The zero-order chi connectivity index (χ0) is 13.2. The van der Waals surface area contributed by atoms with Crippen molar-refractivity contribution in [2.75, 3.05) is 12.8 Å². The molecule has 1 aliphatic carbocycles. The van der Waals surface area contributed by atoms with Crippen LogP contribution in [0.15, 0.2) is 0 Å². The molecule has 100 valence electrons. The molecule has 18 heavy (non-hydrogen) atoms. The molecule has 0 atom stereocenters. The van der Waals surface area contributed by atoms with Crippen molar-refractivity contribution >= 4 is 28.4 Å². The molecule has 0 bridgehead atoms. The van der Waals surface area contributed by atoms with Crippen LogP contribution in [0.4, 0.5) is 5.82 Å². The monoisotopic (exact) mass is 361 g/mol. The second-order valence-corrected chi connectivity index (χ2v) is 5.88. The van der Waals surface area contributed by atoms with Crippen molar-refractivity contribution in [2.45, 2.75) is 51.0 Å². The molecule has 1 aromatic heterocycles. The zero-order valence-electron chi connectivity index (χ0n) is 11.0. The molecule has 2 rings (SSSR count). The van der Waals surface area contributed by atoms with E-state index in [0.29, 0.717) is 5.82 Å². The number of hydrogen-bond donors (Lipinski definition) is 1. The Morgan fingerprint density at radius 2 is 1.94 bits per heavy atom. The maximum absolute atomic E-state index is 6.00. The number of aromatic nitrogens is 2. The van der Waals surface area contributed by atoms with Crippen molar-refractivity contribution in [2.24, 2.45) is 0 Å². The summed E-state index contributed by atoms with van der Waals surface area (Å²) < 4.78 is 6.75. The Hall–Kier alpha value is -0.430. The van der Waals surface area contributed by atoms with Crippen LogP contribution in [0.3, 0.4) is 0 Å². The topological polar surface area (TPSA) is 61.0 Å². The van der Waals surface area contributed by atoms with Crippen molar-refractivity contribution < 1.29 is 4.74 Å². The van der Waals surface area contributed by atoms with Gasteiger partial charge in [0.15, 0.2) is 5.82 Å². The molecule has 0 amide bonds. The molecule has 1 aromatic rings. The first-order chi connectivity index (χ1) is 8.63. The molecule has 0 aromatic carbocycles. The Bertz CT molecular complexity index is 430. The predicted molar refractivity (Wildman–Crippen MR) is 80.3 cm³/mol. The second-order valence-electron chi connectivity index (χ2n) is 4.81. The molecule has 1 fully saturated rings. The van der Waals surface area contributed by atoms with Gasteiger partial charge in [-0.05, 0) is 41.9 Å². The lowest BCUT2D eigenvalue weighted by Gasteiger charge is -2.34. The first-order valence-electron chi connectivity index (χ1n) is 6.50. The number of ether oxygens (including phenoxy) is 1. The molecule has 5 heteroatoms. The number of nitrogens with two attached hydrogens (primary N) is 1. The van der Waals surface area contributed by atoms with E-state index in [9.17, 15) is 0 Å². The van der Waals surface area contributed by atoms with E-state index in [-0.39, 0.29) is 5.60 Å². The number of nitrogen functional groups attached to an aromatic ring is 1. The lowest BCUT2D eigenvalue weighted by molar-refractivity contribution is -0.0515. The van der Waals surface area contributed by atoms with Gasteiger partial charge in [-0.25, -0.2) is 9.97 Å². The van der Waals surface area contributed by atoms with Gasteiger partial charge in [-0.15, -0.1) is 0 Å². The standard InChI is InChI=1S/C13H20IN3O/c1-3-9-10(14)11(15)17-12(16-9)13(18-2)7-5-4-6-8-13/h3-8H2,1-2H3,(H2,15,16,17). The number of halogens is 1. The van der Waals surface area contributed by atoms with E-state index < -0.39 is 0 Å². The zero-order valence-corrected chi connectivity index (χ0v) is 13.2. The van der Waals surface area contributed by atoms with Gasteiger partial charge in [0.05, 0.1) is 9.26 Å². The minimum absolute atomic E-state index is 0.319. The smallest absolute Gasteiger partial charge is 0.162 e. The quantitative estimate of drug-likeness (QED) is 0.841. The summed E-state index contributed by atoms with van der Waals surface area (Å²) in [5.41, 5.74) is 6.71. The number of rotatable bonds is 3. The van der Waals surface area contributed by atoms with Crippen LogP contribution in [0.25, 0.3) is 0 Å². The lowest BCUT2D eigenvalue weighted by Crippen LogP contribution is -2.34. The molecule has 4 nitrogen and oxygen atoms in total. The summed E-state index contributed by atoms with van der Waals surface area (Å²) in [6, 6.07) is 0. The first-order valence-corrected chi connectivity index (χ1v) is 7.58. The Morgan fingerprint density at radius 3 is 2.50 bits per heavy atom. The van der Waals surface area contributed by atoms with E-state index in [0.717, 1.165) is 34.4 Å². The van der Waals surface area contributed by atoms with Crippen LogP contribution < -0.4 is 5.73 Å². The molecule has 0 saturated heterocycles. The molecule has 1 aliphatic rings. The Morgan fingerprint density at radius 1 is 1.28 bits per heavy atom. The highest BCUT2D eigenvalue weighted by Crippen LogP contribution is 2.39. The third kappa shape index (κ3) is 2.47. The number of methoxy groups -OCH3 is 1. The molecular formula is C13H20IN3O. The maximum Gasteiger partial charge on any atom is 0.162 e. The van der Waals surface area contributed by atoms with Gasteiger partial charge in [-0.2, -0.15) is 0 Å². The van der Waals surface area contributed by atoms with E-state index in [4.69, 9.17) is 15.5 Å². The van der Waals surface area contributed by atoms with Crippen LogP contribution in [-0.4, -0.2) is 17.1 Å². The Kier molecular flexibility index (Phi) is 4.42. The second kappa shape index (κ2) is 5.69. The van der Waals surface area contributed by atoms with Gasteiger partial charge in [0, 0.05) is 7.11 Å². The molecule has 0 aliphatic heterocycles. The summed E-state index contributed by atoms with van der Waals surface area (Å²) in [6.45, 7) is 2.09. The minimum Gasteiger partial charge on any atom is -0.383 e. The third-order valence-electron chi connectivity index (χ3n) is 3.74. The van der Waals surface area contributed by atoms with Gasteiger partial charge in [0.2, 0.25) is 0 Å². The van der Waals surface area contributed by atoms with Crippen molar-refractivity contribution in [1.29, 1.82) is 0 Å². The summed E-state index contributed by atoms with van der Waals surface area (Å²) in [4.78, 5) is 9.18. The van der Waals surface area contributed by atoms with E-state index in [1.807, 2.05) is 0 Å². The van der Waals surface area contributed by atoms with Gasteiger partial charge in [0.25, 0.3) is 0 Å². The number of hydrogen-bond acceptors (Lipinski definition) is 4. The number of nitrogens with zero attached hydrogens (tertiary/aromatic N) is 2. The molecule has 1 saturated carbocycles. The van der Waals surface area contributed by atoms with E-state index in [2.05, 4.69) is 34.5 Å². The molecular weight excluding hydrogens is 341 g/mol. The number of anilines is 1. The maximum atomic E-state index is 6.00. The first kappa shape index (κ1) is 14.0. The van der Waals surface area contributed by atoms with Crippen LogP contribution in [0.2, 0.25) is 0 Å². The van der Waals surface area contributed by atoms with Gasteiger partial charge >= 0.3 is 0 Å². The average molecular weight is 361 g/mol. The molecule has 0 spiro atoms. The SMILES string of the molecule is CCc1nc(C2(OC)CCCCC2)nc(N)c1I. The van der Waals surface area contributed by atoms with E-state index in [1.54, 1.807) is 7.11 Å². The van der Waals surface area contributed by atoms with Crippen molar-refractivity contribution in [3.8, 4) is 0 Å². The van der Waals surface area contributed by atoms with Crippen LogP contribution >= 0.6 is 22.6 Å². The summed E-state index contributed by atoms with van der Waals surface area (Å²) in [5.74, 6) is 1.36. The fraction of sp³-hybridized carbons (Fsp3) is 0.692. The van der Waals surface area contributed by atoms with Crippen molar-refractivity contribution in [3.05, 3.63) is 15.1 Å². The molecule has 0 unspecified atom stereocenters. The van der Waals surface area contributed by atoms with Crippen LogP contribution in [-0.2, 0) is 16.8 Å². The molecule has 0 radical (unpaired) electrons. The van der Waals surface area contributed by atoms with Crippen LogP contribution in [0.1, 0.15) is 50.5 Å². The van der Waals surface area contributed by atoms with Crippen LogP contribution in [0, 0.1) is 3.57 Å². The third-order valence-corrected chi connectivity index (χ3v) is 4.92. The summed E-state index contributed by atoms with van der Waals surface area (Å²) >= 11 is 2.22. The van der Waals surface area contributed by atoms with Gasteiger partial charge in [-0.3, -0.25) is 0 Å². The average Bonchev–Trinajstić information content (AvgIpc) is 2.42. The minimum atomic E-state index is -0.319. The van der Waals surface area contributed by atoms with Crippen molar-refractivity contribution in [1.82, 2.24) is 9.97 Å². The molecule has 1 heterocycles. The highest BCUT2D eigenvalue weighted by atomic mass is 127. The summed E-state index contributed by atoms with van der Waals surface area (Å²) in [7, 11) is 1.76. The fourth-order valence-electron chi connectivity index (χ4n) is 2.59. The predicted octanol–water partition coefficient (Wildman–Crippen LogP) is 3.03. The van der Waals surface area contributed by atoms with Gasteiger partial charge < -0.3 is 10.5 Å².